The van der Waals surface area contributed by atoms with Crippen LogP contribution in [0.25, 0.3) is 0 Å². The highest BCUT2D eigenvalue weighted by atomic mass is 16.5. The first-order chi connectivity index (χ1) is 10.0. The van der Waals surface area contributed by atoms with Crippen molar-refractivity contribution >= 4 is 0 Å². The minimum Gasteiger partial charge on any atom is -0.393 e. The van der Waals surface area contributed by atoms with Crippen LogP contribution in [-0.4, -0.2) is 23.4 Å². The molecule has 8 atom stereocenters. The Labute approximate surface area is 127 Å². The van der Waals surface area contributed by atoms with Gasteiger partial charge in [-0.3, -0.25) is 0 Å². The third kappa shape index (κ3) is 1.42. The van der Waals surface area contributed by atoms with E-state index >= 15 is 0 Å². The molecule has 5 fully saturated rings. The van der Waals surface area contributed by atoms with E-state index in [1.165, 1.54) is 37.7 Å². The van der Waals surface area contributed by atoms with Crippen LogP contribution >= 0.6 is 0 Å². The van der Waals surface area contributed by atoms with Crippen molar-refractivity contribution in [1.29, 1.82) is 0 Å². The fraction of sp³-hybridized carbons (Fsp3) is 0.895. The quantitative estimate of drug-likeness (QED) is 0.689. The lowest BCUT2D eigenvalue weighted by atomic mass is 9.46. The van der Waals surface area contributed by atoms with E-state index in [2.05, 4.69) is 19.9 Å². The Bertz CT molecular complexity index is 512. The molecule has 2 saturated heterocycles. The number of rotatable bonds is 0. The molecule has 6 rings (SSSR count). The maximum absolute atomic E-state index is 10.3. The lowest BCUT2D eigenvalue weighted by Crippen LogP contribution is -2.60. The van der Waals surface area contributed by atoms with Crippen LogP contribution in [-0.2, 0) is 4.74 Å². The molecule has 0 aromatic rings. The van der Waals surface area contributed by atoms with E-state index in [0.717, 1.165) is 30.6 Å². The number of fused-ring (bicyclic) bond motifs is 1. The zero-order chi connectivity index (χ0) is 14.4. The summed E-state index contributed by atoms with van der Waals surface area (Å²) in [7, 11) is 0. The molecule has 0 spiro atoms. The summed E-state index contributed by atoms with van der Waals surface area (Å²) < 4.78 is 6.75. The molecule has 6 aliphatic rings. The van der Waals surface area contributed by atoms with Crippen molar-refractivity contribution in [3.63, 3.8) is 0 Å². The van der Waals surface area contributed by atoms with Gasteiger partial charge in [0, 0.05) is 11.8 Å². The van der Waals surface area contributed by atoms with Crippen molar-refractivity contribution in [2.45, 2.75) is 77.1 Å². The highest BCUT2D eigenvalue weighted by molar-refractivity contribution is 5.29. The van der Waals surface area contributed by atoms with Crippen LogP contribution in [0.15, 0.2) is 11.6 Å². The van der Waals surface area contributed by atoms with E-state index < -0.39 is 0 Å². The van der Waals surface area contributed by atoms with Gasteiger partial charge in [-0.2, -0.15) is 0 Å². The summed E-state index contributed by atoms with van der Waals surface area (Å²) in [5.41, 5.74) is 2.15. The number of aliphatic hydroxyl groups excluding tert-OH is 1. The number of hydrogen-bond acceptors (Lipinski definition) is 2. The molecule has 2 heteroatoms. The van der Waals surface area contributed by atoms with E-state index in [4.69, 9.17) is 4.74 Å². The summed E-state index contributed by atoms with van der Waals surface area (Å²) in [6, 6.07) is 0. The largest absolute Gasteiger partial charge is 0.393 e. The van der Waals surface area contributed by atoms with Crippen LogP contribution in [0.4, 0.5) is 0 Å². The Balaban J connectivity index is 1.70. The summed E-state index contributed by atoms with van der Waals surface area (Å²) in [6.07, 6.45) is 11.4. The maximum atomic E-state index is 10.3. The average Bonchev–Trinajstić information content (AvgIpc) is 2.78. The molecule has 6 bridgehead atoms. The van der Waals surface area contributed by atoms with Crippen molar-refractivity contribution in [2.24, 2.45) is 28.6 Å². The first kappa shape index (κ1) is 13.1. The first-order valence-electron chi connectivity index (χ1n) is 9.06. The van der Waals surface area contributed by atoms with Gasteiger partial charge in [0.2, 0.25) is 0 Å². The summed E-state index contributed by atoms with van der Waals surface area (Å²) in [6.45, 7) is 4.98. The van der Waals surface area contributed by atoms with Crippen LogP contribution in [0.1, 0.15) is 58.8 Å². The minimum atomic E-state index is -0.186. The molecular formula is C19H28O2. The SMILES string of the molecule is C[C@@]12CC[C@@H]3[C@H]4CC=C5CC(O)CC(OC1CC[C@@H]42)[C@@]53C. The molecule has 0 aromatic carbocycles. The van der Waals surface area contributed by atoms with Crippen LogP contribution in [0, 0.1) is 28.6 Å². The Morgan fingerprint density at radius 2 is 2.00 bits per heavy atom. The highest BCUT2D eigenvalue weighted by Crippen LogP contribution is 2.68. The number of allylic oxidation sites excluding steroid dienone is 1. The zero-order valence-electron chi connectivity index (χ0n) is 13.3. The number of hydrogen-bond donors (Lipinski definition) is 1. The second-order valence-corrected chi connectivity index (χ2v) is 8.95. The summed E-state index contributed by atoms with van der Waals surface area (Å²) in [5.74, 6) is 2.56. The monoisotopic (exact) mass is 288 g/mol. The van der Waals surface area contributed by atoms with Gasteiger partial charge < -0.3 is 9.84 Å². The molecule has 2 nitrogen and oxygen atoms in total. The molecule has 4 aliphatic carbocycles. The van der Waals surface area contributed by atoms with Crippen molar-refractivity contribution in [3.8, 4) is 0 Å². The number of aliphatic hydroxyl groups is 1. The van der Waals surface area contributed by atoms with Crippen molar-refractivity contribution in [3.05, 3.63) is 11.6 Å². The van der Waals surface area contributed by atoms with Gasteiger partial charge in [0.05, 0.1) is 18.3 Å². The molecule has 21 heavy (non-hydrogen) atoms. The third-order valence-corrected chi connectivity index (χ3v) is 8.39. The topological polar surface area (TPSA) is 29.5 Å². The van der Waals surface area contributed by atoms with Crippen LogP contribution < -0.4 is 0 Å². The Morgan fingerprint density at radius 3 is 2.86 bits per heavy atom. The first-order valence-corrected chi connectivity index (χ1v) is 9.06. The lowest BCUT2D eigenvalue weighted by Gasteiger charge is -2.63. The molecule has 3 unspecified atom stereocenters. The zero-order valence-corrected chi connectivity index (χ0v) is 13.3. The fourth-order valence-corrected chi connectivity index (χ4v) is 7.25. The van der Waals surface area contributed by atoms with Gasteiger partial charge in [-0.25, -0.2) is 0 Å². The van der Waals surface area contributed by atoms with Gasteiger partial charge in [-0.05, 0) is 61.7 Å². The van der Waals surface area contributed by atoms with Crippen molar-refractivity contribution in [2.75, 3.05) is 0 Å². The normalized spacial score (nSPS) is 61.2. The maximum Gasteiger partial charge on any atom is 0.0697 e. The lowest BCUT2D eigenvalue weighted by molar-refractivity contribution is -0.206. The minimum absolute atomic E-state index is 0.186. The standard InChI is InChI=1S/C19H28O2/c1-18-8-7-15-13-4-3-11-9-12(20)10-17(19(11,15)2)21-16(18)6-5-14(13)18/h3,12-17,20H,4-10H2,1-2H3/t12?,13-,14-,15+,16?,17?,18-,19-/m0/s1. The summed E-state index contributed by atoms with van der Waals surface area (Å²) in [4.78, 5) is 0. The average molecular weight is 288 g/mol. The number of ether oxygens (including phenoxy) is 1. The second kappa shape index (κ2) is 3.94. The van der Waals surface area contributed by atoms with Crippen LogP contribution in [0.5, 0.6) is 0 Å². The van der Waals surface area contributed by atoms with E-state index in [0.29, 0.717) is 11.5 Å². The van der Waals surface area contributed by atoms with Gasteiger partial charge in [0.1, 0.15) is 0 Å². The van der Waals surface area contributed by atoms with E-state index in [1.807, 2.05) is 0 Å². The Hall–Kier alpha value is -0.340. The van der Waals surface area contributed by atoms with E-state index in [-0.39, 0.29) is 17.6 Å². The Kier molecular flexibility index (Phi) is 2.47. The third-order valence-electron chi connectivity index (χ3n) is 8.39. The van der Waals surface area contributed by atoms with Gasteiger partial charge in [-0.1, -0.05) is 25.5 Å². The fourth-order valence-electron chi connectivity index (χ4n) is 7.25. The highest BCUT2D eigenvalue weighted by Gasteiger charge is 2.64. The van der Waals surface area contributed by atoms with Crippen LogP contribution in [0.3, 0.4) is 0 Å². The molecule has 2 aliphatic heterocycles. The molecule has 0 radical (unpaired) electrons. The van der Waals surface area contributed by atoms with Gasteiger partial charge >= 0.3 is 0 Å². The molecule has 2 heterocycles. The van der Waals surface area contributed by atoms with Crippen LogP contribution in [0.2, 0.25) is 0 Å². The molecule has 3 saturated carbocycles. The summed E-state index contributed by atoms with van der Waals surface area (Å²) in [5, 5.41) is 10.3. The van der Waals surface area contributed by atoms with Crippen molar-refractivity contribution in [1.82, 2.24) is 0 Å². The smallest absolute Gasteiger partial charge is 0.0697 e. The second-order valence-electron chi connectivity index (χ2n) is 8.95. The van der Waals surface area contributed by atoms with E-state index in [1.54, 1.807) is 0 Å². The molecular weight excluding hydrogens is 260 g/mol. The van der Waals surface area contributed by atoms with Gasteiger partial charge in [0.25, 0.3) is 0 Å². The molecule has 116 valence electrons. The van der Waals surface area contributed by atoms with Gasteiger partial charge in [0.15, 0.2) is 0 Å². The Morgan fingerprint density at radius 1 is 1.14 bits per heavy atom. The molecule has 0 aromatic heterocycles. The van der Waals surface area contributed by atoms with Crippen molar-refractivity contribution < 1.29 is 9.84 Å². The van der Waals surface area contributed by atoms with E-state index in [9.17, 15) is 5.11 Å². The molecule has 0 amide bonds. The predicted molar refractivity (Wildman–Crippen MR) is 81.8 cm³/mol. The predicted octanol–water partition coefficient (Wildman–Crippen LogP) is 3.69. The summed E-state index contributed by atoms with van der Waals surface area (Å²) >= 11 is 0. The molecule has 1 N–H and O–H groups in total. The van der Waals surface area contributed by atoms with Gasteiger partial charge in [-0.15, -0.1) is 0 Å².